The Morgan fingerprint density at radius 2 is 1.25 bits per heavy atom. The predicted molar refractivity (Wildman–Crippen MR) is 73.2 cm³/mol. The Hall–Kier alpha value is -1.14. The molecule has 6 nitrogen and oxygen atoms in total. The number of hydrogen-bond acceptors (Lipinski definition) is 6. The van der Waals surface area contributed by atoms with Gasteiger partial charge in [0.15, 0.2) is 0 Å². The van der Waals surface area contributed by atoms with Gasteiger partial charge in [-0.3, -0.25) is 19.4 Å². The second-order valence-electron chi connectivity index (χ2n) is 5.63. The van der Waals surface area contributed by atoms with Crippen LogP contribution in [0.4, 0.5) is 0 Å². The van der Waals surface area contributed by atoms with Crippen LogP contribution in [0.25, 0.3) is 0 Å². The number of hydrogen-bond donors (Lipinski definition) is 0. The van der Waals surface area contributed by atoms with E-state index in [-0.39, 0.29) is 25.2 Å². The van der Waals surface area contributed by atoms with Gasteiger partial charge in [0.25, 0.3) is 0 Å². The first-order valence-corrected chi connectivity index (χ1v) is 7.35. The Balaban J connectivity index is 1.40. The quantitative estimate of drug-likeness (QED) is 0.344. The van der Waals surface area contributed by atoms with Gasteiger partial charge in [-0.2, -0.15) is 0 Å². The molecule has 2 rings (SSSR count). The predicted octanol–water partition coefficient (Wildman–Crippen LogP) is 0.261. The highest BCUT2D eigenvalue weighted by molar-refractivity contribution is 5.70. The fourth-order valence-corrected chi connectivity index (χ4v) is 2.13. The number of nitrogens with zero attached hydrogens (tertiary/aromatic N) is 2. The van der Waals surface area contributed by atoms with Crippen LogP contribution in [0.5, 0.6) is 0 Å². The number of ether oxygens (including phenoxy) is 2. The minimum absolute atomic E-state index is 0.153. The SMILES string of the molecule is CC1CN1CCC(=O)OCCOC(=O)CCN1CC1C. The molecule has 4 atom stereocenters. The molecule has 6 heteroatoms. The maximum Gasteiger partial charge on any atom is 0.307 e. The minimum atomic E-state index is -0.224. The Bertz CT molecular complexity index is 327. The molecule has 0 aromatic heterocycles. The molecule has 0 saturated carbocycles. The van der Waals surface area contributed by atoms with Crippen molar-refractivity contribution in [2.24, 2.45) is 0 Å². The molecule has 2 fully saturated rings. The average molecular weight is 284 g/mol. The van der Waals surface area contributed by atoms with Crippen LogP contribution in [0.1, 0.15) is 26.7 Å². The van der Waals surface area contributed by atoms with Crippen molar-refractivity contribution in [1.29, 1.82) is 0 Å². The van der Waals surface area contributed by atoms with Crippen LogP contribution in [-0.2, 0) is 19.1 Å². The van der Waals surface area contributed by atoms with E-state index in [1.807, 2.05) is 0 Å². The number of carbonyl (C=O) groups is 2. The van der Waals surface area contributed by atoms with E-state index in [1.165, 1.54) is 0 Å². The Kier molecular flexibility index (Phi) is 5.37. The van der Waals surface area contributed by atoms with Crippen LogP contribution in [0.15, 0.2) is 0 Å². The van der Waals surface area contributed by atoms with Crippen LogP contribution in [0, 0.1) is 0 Å². The first kappa shape index (κ1) is 15.3. The number of rotatable bonds is 9. The molecule has 4 unspecified atom stereocenters. The van der Waals surface area contributed by atoms with E-state index in [1.54, 1.807) is 0 Å². The molecule has 2 heterocycles. The van der Waals surface area contributed by atoms with E-state index in [0.717, 1.165) is 26.2 Å². The molecule has 0 spiro atoms. The first-order valence-electron chi connectivity index (χ1n) is 7.35. The summed E-state index contributed by atoms with van der Waals surface area (Å²) >= 11 is 0. The second kappa shape index (κ2) is 7.04. The van der Waals surface area contributed by atoms with E-state index >= 15 is 0 Å². The maximum atomic E-state index is 11.4. The van der Waals surface area contributed by atoms with Gasteiger partial charge in [0.05, 0.1) is 12.8 Å². The van der Waals surface area contributed by atoms with E-state index in [2.05, 4.69) is 23.6 Å². The fraction of sp³-hybridized carbons (Fsp3) is 0.857. The fourth-order valence-electron chi connectivity index (χ4n) is 2.13. The van der Waals surface area contributed by atoms with Crippen LogP contribution < -0.4 is 0 Å². The molecule has 114 valence electrons. The van der Waals surface area contributed by atoms with Crippen LogP contribution in [0.2, 0.25) is 0 Å². The largest absolute Gasteiger partial charge is 0.462 e. The summed E-state index contributed by atoms with van der Waals surface area (Å²) in [5.41, 5.74) is 0. The molecule has 2 aliphatic rings. The summed E-state index contributed by atoms with van der Waals surface area (Å²) < 4.78 is 10.0. The zero-order valence-corrected chi connectivity index (χ0v) is 12.3. The Labute approximate surface area is 120 Å². The smallest absolute Gasteiger partial charge is 0.307 e. The molecular formula is C14H24N2O4. The summed E-state index contributed by atoms with van der Waals surface area (Å²) in [5, 5.41) is 0. The summed E-state index contributed by atoms with van der Waals surface area (Å²) in [4.78, 5) is 27.2. The van der Waals surface area contributed by atoms with Gasteiger partial charge in [-0.1, -0.05) is 0 Å². The topological polar surface area (TPSA) is 58.6 Å². The third-order valence-electron chi connectivity index (χ3n) is 3.79. The molecule has 0 aliphatic carbocycles. The van der Waals surface area contributed by atoms with Gasteiger partial charge < -0.3 is 9.47 Å². The summed E-state index contributed by atoms with van der Waals surface area (Å²) in [6.45, 7) is 8.22. The summed E-state index contributed by atoms with van der Waals surface area (Å²) in [6, 6.07) is 1.21. The van der Waals surface area contributed by atoms with Gasteiger partial charge in [0, 0.05) is 38.3 Å². The highest BCUT2D eigenvalue weighted by Gasteiger charge is 2.29. The molecule has 2 saturated heterocycles. The maximum absolute atomic E-state index is 11.4. The average Bonchev–Trinajstić information content (AvgIpc) is 3.30. The standard InChI is InChI=1S/C14H24N2O4/c1-11-9-15(11)5-3-13(17)19-7-8-20-14(18)4-6-16-10-12(16)2/h11-12H,3-10H2,1-2H3. The normalized spacial score (nSPS) is 30.7. The molecule has 0 amide bonds. The van der Waals surface area contributed by atoms with Gasteiger partial charge in [-0.25, -0.2) is 0 Å². The monoisotopic (exact) mass is 284 g/mol. The minimum Gasteiger partial charge on any atom is -0.462 e. The highest BCUT2D eigenvalue weighted by atomic mass is 16.6. The molecule has 0 radical (unpaired) electrons. The van der Waals surface area contributed by atoms with Gasteiger partial charge >= 0.3 is 11.9 Å². The Morgan fingerprint density at radius 3 is 1.55 bits per heavy atom. The van der Waals surface area contributed by atoms with E-state index in [0.29, 0.717) is 24.9 Å². The van der Waals surface area contributed by atoms with Crippen molar-refractivity contribution in [3.05, 3.63) is 0 Å². The third-order valence-corrected chi connectivity index (χ3v) is 3.79. The van der Waals surface area contributed by atoms with Gasteiger partial charge in [-0.15, -0.1) is 0 Å². The van der Waals surface area contributed by atoms with Crippen molar-refractivity contribution in [1.82, 2.24) is 9.80 Å². The number of esters is 2. The van der Waals surface area contributed by atoms with Crippen molar-refractivity contribution < 1.29 is 19.1 Å². The van der Waals surface area contributed by atoms with Gasteiger partial charge in [-0.05, 0) is 13.8 Å². The summed E-state index contributed by atoms with van der Waals surface area (Å²) in [6.07, 6.45) is 0.816. The van der Waals surface area contributed by atoms with Gasteiger partial charge in [0.1, 0.15) is 13.2 Å². The lowest BCUT2D eigenvalue weighted by Gasteiger charge is -2.07. The van der Waals surface area contributed by atoms with E-state index in [4.69, 9.17) is 9.47 Å². The molecule has 0 N–H and O–H groups in total. The van der Waals surface area contributed by atoms with Crippen molar-refractivity contribution >= 4 is 11.9 Å². The molecule has 0 aromatic carbocycles. The van der Waals surface area contributed by atoms with Crippen LogP contribution in [0.3, 0.4) is 0 Å². The third kappa shape index (κ3) is 5.46. The van der Waals surface area contributed by atoms with Crippen LogP contribution >= 0.6 is 0 Å². The van der Waals surface area contributed by atoms with Crippen molar-refractivity contribution in [2.45, 2.75) is 38.8 Å². The number of carbonyl (C=O) groups excluding carboxylic acids is 2. The Morgan fingerprint density at radius 1 is 0.900 bits per heavy atom. The summed E-state index contributed by atoms with van der Waals surface area (Å²) in [7, 11) is 0. The van der Waals surface area contributed by atoms with Crippen molar-refractivity contribution in [3.8, 4) is 0 Å². The first-order chi connectivity index (χ1) is 9.56. The zero-order chi connectivity index (χ0) is 14.5. The summed E-state index contributed by atoms with van der Waals surface area (Å²) in [5.74, 6) is -0.448. The molecule has 0 bridgehead atoms. The lowest BCUT2D eigenvalue weighted by molar-refractivity contribution is -0.152. The lowest BCUT2D eigenvalue weighted by atomic mass is 10.4. The van der Waals surface area contributed by atoms with Gasteiger partial charge in [0.2, 0.25) is 0 Å². The van der Waals surface area contributed by atoms with E-state index < -0.39 is 0 Å². The second-order valence-corrected chi connectivity index (χ2v) is 5.63. The lowest BCUT2D eigenvalue weighted by Crippen LogP contribution is -2.17. The molecule has 2 aliphatic heterocycles. The van der Waals surface area contributed by atoms with Crippen molar-refractivity contribution in [3.63, 3.8) is 0 Å². The molecule has 20 heavy (non-hydrogen) atoms. The van der Waals surface area contributed by atoms with Crippen LogP contribution in [-0.4, -0.2) is 73.2 Å². The molecular weight excluding hydrogens is 260 g/mol. The zero-order valence-electron chi connectivity index (χ0n) is 12.3. The molecule has 0 aromatic rings. The van der Waals surface area contributed by atoms with E-state index in [9.17, 15) is 9.59 Å². The highest BCUT2D eigenvalue weighted by Crippen LogP contribution is 2.16. The van der Waals surface area contributed by atoms with Crippen molar-refractivity contribution in [2.75, 3.05) is 39.4 Å².